The van der Waals surface area contributed by atoms with Gasteiger partial charge in [-0.15, -0.1) is 11.8 Å². The maximum Gasteiger partial charge on any atom is 0.246 e. The van der Waals surface area contributed by atoms with Crippen molar-refractivity contribution in [1.29, 1.82) is 0 Å². The van der Waals surface area contributed by atoms with Crippen LogP contribution >= 0.6 is 11.8 Å². The highest BCUT2D eigenvalue weighted by Gasteiger charge is 2.32. The number of sulfonamides is 1. The van der Waals surface area contributed by atoms with E-state index in [1.165, 1.54) is 34.3 Å². The van der Waals surface area contributed by atoms with Gasteiger partial charge in [-0.05, 0) is 31.2 Å². The van der Waals surface area contributed by atoms with E-state index in [1.807, 2.05) is 37.3 Å². The fraction of sp³-hybridized carbons (Fsp3) is 0.316. The van der Waals surface area contributed by atoms with Crippen LogP contribution in [0.5, 0.6) is 0 Å². The molecule has 0 N–H and O–H groups in total. The molecule has 5 nitrogen and oxygen atoms in total. The molecule has 0 radical (unpaired) electrons. The Labute approximate surface area is 163 Å². The lowest BCUT2D eigenvalue weighted by Gasteiger charge is -2.35. The van der Waals surface area contributed by atoms with Crippen molar-refractivity contribution in [2.45, 2.75) is 22.0 Å². The summed E-state index contributed by atoms with van der Waals surface area (Å²) in [5.41, 5.74) is 0. The SMILES string of the molecule is C[C@@H](Sc1ccccc1)C(=O)N1CCN(S(=O)(=O)c2ccccc2F)CC1. The maximum atomic E-state index is 13.9. The van der Waals surface area contributed by atoms with Crippen LogP contribution in [0.1, 0.15) is 6.92 Å². The molecule has 0 saturated carbocycles. The van der Waals surface area contributed by atoms with Crippen LogP contribution in [0, 0.1) is 5.82 Å². The van der Waals surface area contributed by atoms with Gasteiger partial charge in [0.05, 0.1) is 5.25 Å². The van der Waals surface area contributed by atoms with Gasteiger partial charge < -0.3 is 4.90 Å². The molecule has 1 aliphatic rings. The molecule has 1 fully saturated rings. The second-order valence-corrected chi connectivity index (χ2v) is 9.55. The van der Waals surface area contributed by atoms with E-state index in [2.05, 4.69) is 0 Å². The number of rotatable bonds is 5. The van der Waals surface area contributed by atoms with E-state index >= 15 is 0 Å². The molecule has 0 unspecified atom stereocenters. The fourth-order valence-corrected chi connectivity index (χ4v) is 5.41. The molecule has 3 rings (SSSR count). The summed E-state index contributed by atoms with van der Waals surface area (Å²) in [6.45, 7) is 2.76. The number of hydrogen-bond acceptors (Lipinski definition) is 4. The van der Waals surface area contributed by atoms with Gasteiger partial charge in [0.1, 0.15) is 10.7 Å². The molecule has 144 valence electrons. The number of hydrogen-bond donors (Lipinski definition) is 0. The van der Waals surface area contributed by atoms with Crippen molar-refractivity contribution in [3.63, 3.8) is 0 Å². The lowest BCUT2D eigenvalue weighted by molar-refractivity contribution is -0.131. The van der Waals surface area contributed by atoms with Gasteiger partial charge in [0.15, 0.2) is 0 Å². The quantitative estimate of drug-likeness (QED) is 0.714. The molecular weight excluding hydrogens is 387 g/mol. The zero-order valence-electron chi connectivity index (χ0n) is 14.9. The van der Waals surface area contributed by atoms with Gasteiger partial charge in [-0.3, -0.25) is 4.79 Å². The van der Waals surface area contributed by atoms with Gasteiger partial charge in [-0.25, -0.2) is 12.8 Å². The molecule has 0 spiro atoms. The minimum atomic E-state index is -3.90. The number of halogens is 1. The van der Waals surface area contributed by atoms with Gasteiger partial charge in [-0.1, -0.05) is 30.3 Å². The summed E-state index contributed by atoms with van der Waals surface area (Å²) in [7, 11) is -3.90. The lowest BCUT2D eigenvalue weighted by atomic mass is 10.3. The summed E-state index contributed by atoms with van der Waals surface area (Å²) in [6, 6.07) is 15.0. The number of carbonyl (C=O) groups excluding carboxylic acids is 1. The zero-order valence-corrected chi connectivity index (χ0v) is 16.5. The van der Waals surface area contributed by atoms with Crippen LogP contribution in [-0.2, 0) is 14.8 Å². The van der Waals surface area contributed by atoms with E-state index < -0.39 is 15.8 Å². The van der Waals surface area contributed by atoms with E-state index in [4.69, 9.17) is 0 Å². The topological polar surface area (TPSA) is 57.7 Å². The first-order valence-corrected chi connectivity index (χ1v) is 11.0. The monoisotopic (exact) mass is 408 g/mol. The second-order valence-electron chi connectivity index (χ2n) is 6.23. The number of amides is 1. The molecule has 1 saturated heterocycles. The first-order chi connectivity index (χ1) is 12.9. The Morgan fingerprint density at radius 3 is 2.22 bits per heavy atom. The third-order valence-electron chi connectivity index (χ3n) is 4.41. The van der Waals surface area contributed by atoms with E-state index in [0.717, 1.165) is 11.0 Å². The van der Waals surface area contributed by atoms with Crippen molar-refractivity contribution in [2.75, 3.05) is 26.2 Å². The minimum absolute atomic E-state index is 0.0215. The number of thioether (sulfide) groups is 1. The van der Waals surface area contributed by atoms with Crippen molar-refractivity contribution in [3.8, 4) is 0 Å². The lowest BCUT2D eigenvalue weighted by Crippen LogP contribution is -2.52. The van der Waals surface area contributed by atoms with Crippen LogP contribution in [0.25, 0.3) is 0 Å². The van der Waals surface area contributed by atoms with E-state index in [0.29, 0.717) is 13.1 Å². The van der Waals surface area contributed by atoms with Gasteiger partial charge in [0, 0.05) is 31.1 Å². The summed E-state index contributed by atoms with van der Waals surface area (Å²) in [5, 5.41) is -0.262. The van der Waals surface area contributed by atoms with Crippen LogP contribution in [0.3, 0.4) is 0 Å². The van der Waals surface area contributed by atoms with Crippen LogP contribution in [0.15, 0.2) is 64.4 Å². The van der Waals surface area contributed by atoms with Gasteiger partial charge in [0.25, 0.3) is 0 Å². The third kappa shape index (κ3) is 4.51. The highest BCUT2D eigenvalue weighted by Crippen LogP contribution is 2.25. The van der Waals surface area contributed by atoms with Gasteiger partial charge in [-0.2, -0.15) is 4.31 Å². The average molecular weight is 409 g/mol. The zero-order chi connectivity index (χ0) is 19.4. The third-order valence-corrected chi connectivity index (χ3v) is 7.44. The number of piperazine rings is 1. The standard InChI is InChI=1S/C19H21FN2O3S2/c1-15(26-16-7-3-2-4-8-16)19(23)21-11-13-22(14-12-21)27(24,25)18-10-6-5-9-17(18)20/h2-10,15H,11-14H2,1H3/t15-/m1/s1. The number of nitrogens with zero attached hydrogens (tertiary/aromatic N) is 2. The predicted octanol–water partition coefficient (Wildman–Crippen LogP) is 2.84. The second kappa shape index (κ2) is 8.41. The first kappa shape index (κ1) is 19.9. The van der Waals surface area contributed by atoms with Crippen molar-refractivity contribution in [3.05, 3.63) is 60.4 Å². The molecule has 1 aliphatic heterocycles. The normalized spacial score (nSPS) is 16.9. The van der Waals surface area contributed by atoms with E-state index in [9.17, 15) is 17.6 Å². The van der Waals surface area contributed by atoms with Crippen molar-refractivity contribution in [1.82, 2.24) is 9.21 Å². The Bertz CT molecular complexity index is 898. The fourth-order valence-electron chi connectivity index (χ4n) is 2.95. The van der Waals surface area contributed by atoms with Crippen LogP contribution in [0.2, 0.25) is 0 Å². The van der Waals surface area contributed by atoms with Crippen LogP contribution in [0.4, 0.5) is 4.39 Å². The largest absolute Gasteiger partial charge is 0.339 e. The smallest absolute Gasteiger partial charge is 0.246 e. The summed E-state index contributed by atoms with van der Waals surface area (Å²) < 4.78 is 40.4. The molecule has 1 heterocycles. The summed E-state index contributed by atoms with van der Waals surface area (Å²) >= 11 is 1.48. The van der Waals surface area contributed by atoms with Gasteiger partial charge in [0.2, 0.25) is 15.9 Å². The predicted molar refractivity (Wildman–Crippen MR) is 103 cm³/mol. The van der Waals surface area contributed by atoms with E-state index in [-0.39, 0.29) is 29.1 Å². The highest BCUT2D eigenvalue weighted by molar-refractivity contribution is 8.00. The Kier molecular flexibility index (Phi) is 6.18. The molecule has 0 aromatic heterocycles. The minimum Gasteiger partial charge on any atom is -0.339 e. The molecule has 1 atom stereocenters. The maximum absolute atomic E-state index is 13.9. The molecule has 0 aliphatic carbocycles. The van der Waals surface area contributed by atoms with Crippen molar-refractivity contribution < 1.29 is 17.6 Å². The summed E-state index contributed by atoms with van der Waals surface area (Å²) in [6.07, 6.45) is 0. The number of benzene rings is 2. The Morgan fingerprint density at radius 1 is 1.00 bits per heavy atom. The van der Waals surface area contributed by atoms with Crippen LogP contribution in [-0.4, -0.2) is 55.0 Å². The van der Waals surface area contributed by atoms with Crippen LogP contribution < -0.4 is 0 Å². The highest BCUT2D eigenvalue weighted by atomic mass is 32.2. The molecule has 2 aromatic carbocycles. The van der Waals surface area contributed by atoms with Crippen molar-refractivity contribution in [2.24, 2.45) is 0 Å². The molecule has 8 heteroatoms. The Balaban J connectivity index is 1.61. The molecule has 0 bridgehead atoms. The van der Waals surface area contributed by atoms with Gasteiger partial charge >= 0.3 is 0 Å². The van der Waals surface area contributed by atoms with Crippen molar-refractivity contribution >= 4 is 27.7 Å². The van der Waals surface area contributed by atoms with E-state index in [1.54, 1.807) is 4.90 Å². The number of carbonyl (C=O) groups is 1. The Morgan fingerprint density at radius 2 is 1.59 bits per heavy atom. The first-order valence-electron chi connectivity index (χ1n) is 8.65. The summed E-state index contributed by atoms with van der Waals surface area (Å²) in [4.78, 5) is 15.0. The average Bonchev–Trinajstić information content (AvgIpc) is 2.68. The summed E-state index contributed by atoms with van der Waals surface area (Å²) in [5.74, 6) is -0.782. The molecular formula is C19H21FN2O3S2. The molecule has 2 aromatic rings. The molecule has 27 heavy (non-hydrogen) atoms. The Hall–Kier alpha value is -1.90. The molecule has 1 amide bonds.